The minimum Gasteiger partial charge on any atom is -0.497 e. The molecule has 24 heavy (non-hydrogen) atoms. The predicted molar refractivity (Wildman–Crippen MR) is 83.3 cm³/mol. The Balaban J connectivity index is 1.72. The molecule has 3 aromatic heterocycles. The van der Waals surface area contributed by atoms with E-state index in [0.29, 0.717) is 28.7 Å². The summed E-state index contributed by atoms with van der Waals surface area (Å²) in [7, 11) is 1.59. The van der Waals surface area contributed by atoms with Gasteiger partial charge in [-0.3, -0.25) is 0 Å². The second-order valence-electron chi connectivity index (χ2n) is 4.84. The molecule has 1 aromatic carbocycles. The first kappa shape index (κ1) is 14.0. The normalized spacial score (nSPS) is 10.9. The van der Waals surface area contributed by atoms with Crippen LogP contribution in [0.5, 0.6) is 5.75 Å². The molecule has 2 N–H and O–H groups in total. The smallest absolute Gasteiger partial charge is 0.282 e. The van der Waals surface area contributed by atoms with E-state index in [9.17, 15) is 0 Å². The predicted octanol–water partition coefficient (Wildman–Crippen LogP) is 2.17. The Morgan fingerprint density at radius 2 is 2.12 bits per heavy atom. The van der Waals surface area contributed by atoms with Crippen molar-refractivity contribution in [1.29, 1.82) is 0 Å². The Morgan fingerprint density at radius 3 is 2.92 bits per heavy atom. The molecule has 0 saturated heterocycles. The number of ether oxygens (including phenoxy) is 1. The highest BCUT2D eigenvalue weighted by Crippen LogP contribution is 2.27. The first-order chi connectivity index (χ1) is 11.8. The molecule has 9 heteroatoms. The van der Waals surface area contributed by atoms with Gasteiger partial charge in [0.15, 0.2) is 17.3 Å². The lowest BCUT2D eigenvalue weighted by molar-refractivity contribution is 0.414. The van der Waals surface area contributed by atoms with E-state index >= 15 is 0 Å². The van der Waals surface area contributed by atoms with Crippen molar-refractivity contribution in [3.8, 4) is 34.6 Å². The summed E-state index contributed by atoms with van der Waals surface area (Å²) < 4.78 is 17.1. The summed E-state index contributed by atoms with van der Waals surface area (Å²) in [4.78, 5) is 4.23. The van der Waals surface area contributed by atoms with E-state index in [2.05, 4.69) is 20.5 Å². The van der Waals surface area contributed by atoms with Crippen LogP contribution in [-0.2, 0) is 0 Å². The van der Waals surface area contributed by atoms with Crippen LogP contribution >= 0.6 is 0 Å². The first-order valence-corrected chi connectivity index (χ1v) is 7.00. The van der Waals surface area contributed by atoms with Crippen LogP contribution in [0.1, 0.15) is 0 Å². The van der Waals surface area contributed by atoms with Crippen LogP contribution in [0.2, 0.25) is 0 Å². The molecule has 0 aliphatic carbocycles. The number of methoxy groups -OCH3 is 1. The lowest BCUT2D eigenvalue weighted by Crippen LogP contribution is -2.02. The standard InChI is InChI=1S/C15H12N6O3/c1-22-10-5-2-4-9(8-10)21-13(16)12(18-20-21)15-17-14(19-24-15)11-6-3-7-23-11/h2-8H,16H2,1H3. The topological polar surface area (TPSA) is 118 Å². The Bertz CT molecular complexity index is 973. The van der Waals surface area contributed by atoms with Gasteiger partial charge in [-0.25, -0.2) is 0 Å². The van der Waals surface area contributed by atoms with Gasteiger partial charge in [0.25, 0.3) is 5.89 Å². The Kier molecular flexibility index (Phi) is 3.23. The van der Waals surface area contributed by atoms with Gasteiger partial charge in [-0.05, 0) is 24.3 Å². The van der Waals surface area contributed by atoms with Crippen molar-refractivity contribution in [2.24, 2.45) is 0 Å². The van der Waals surface area contributed by atoms with Crippen molar-refractivity contribution in [1.82, 2.24) is 25.1 Å². The van der Waals surface area contributed by atoms with Crippen LogP contribution in [-0.4, -0.2) is 32.2 Å². The molecule has 0 bridgehead atoms. The van der Waals surface area contributed by atoms with Crippen molar-refractivity contribution in [3.05, 3.63) is 42.7 Å². The summed E-state index contributed by atoms with van der Waals surface area (Å²) in [5.74, 6) is 1.92. The van der Waals surface area contributed by atoms with E-state index in [4.69, 9.17) is 19.4 Å². The molecule has 4 rings (SSSR count). The maximum Gasteiger partial charge on any atom is 0.282 e. The number of furan rings is 1. The van der Waals surface area contributed by atoms with Gasteiger partial charge in [0, 0.05) is 6.07 Å². The van der Waals surface area contributed by atoms with Gasteiger partial charge in [0.05, 0.1) is 19.1 Å². The molecule has 0 saturated carbocycles. The zero-order chi connectivity index (χ0) is 16.5. The van der Waals surface area contributed by atoms with Gasteiger partial charge >= 0.3 is 0 Å². The number of aromatic nitrogens is 5. The molecule has 0 radical (unpaired) electrons. The second-order valence-corrected chi connectivity index (χ2v) is 4.84. The summed E-state index contributed by atoms with van der Waals surface area (Å²) in [6, 6.07) is 10.7. The Labute approximate surface area is 135 Å². The number of rotatable bonds is 4. The van der Waals surface area contributed by atoms with Crippen LogP contribution in [0.25, 0.3) is 28.9 Å². The molecule has 0 aliphatic rings. The molecule has 4 aromatic rings. The van der Waals surface area contributed by atoms with Crippen molar-refractivity contribution in [3.63, 3.8) is 0 Å². The average molecular weight is 324 g/mol. The van der Waals surface area contributed by atoms with Crippen molar-refractivity contribution < 1.29 is 13.7 Å². The average Bonchev–Trinajstić information content (AvgIpc) is 3.34. The lowest BCUT2D eigenvalue weighted by Gasteiger charge is -2.05. The summed E-state index contributed by atoms with van der Waals surface area (Å²) in [5.41, 5.74) is 7.13. The van der Waals surface area contributed by atoms with Crippen molar-refractivity contribution in [2.75, 3.05) is 12.8 Å². The SMILES string of the molecule is COc1cccc(-n2nnc(-c3nc(-c4ccco4)no3)c2N)c1. The largest absolute Gasteiger partial charge is 0.497 e. The highest BCUT2D eigenvalue weighted by molar-refractivity contribution is 5.65. The van der Waals surface area contributed by atoms with Crippen LogP contribution in [0.15, 0.2) is 51.6 Å². The zero-order valence-electron chi connectivity index (χ0n) is 12.6. The highest BCUT2D eigenvalue weighted by Gasteiger charge is 2.20. The molecule has 9 nitrogen and oxygen atoms in total. The number of anilines is 1. The quantitative estimate of drug-likeness (QED) is 0.606. The Hall–Kier alpha value is -3.62. The zero-order valence-corrected chi connectivity index (χ0v) is 12.6. The molecule has 0 aliphatic heterocycles. The van der Waals surface area contributed by atoms with E-state index in [0.717, 1.165) is 0 Å². The summed E-state index contributed by atoms with van der Waals surface area (Å²) in [5, 5.41) is 11.9. The van der Waals surface area contributed by atoms with E-state index in [1.54, 1.807) is 25.3 Å². The van der Waals surface area contributed by atoms with E-state index < -0.39 is 0 Å². The van der Waals surface area contributed by atoms with Gasteiger partial charge in [0.1, 0.15) is 5.75 Å². The van der Waals surface area contributed by atoms with Gasteiger partial charge in [-0.15, -0.1) is 5.10 Å². The molecule has 0 atom stereocenters. The molecule has 0 amide bonds. The summed E-state index contributed by atoms with van der Waals surface area (Å²) >= 11 is 0. The molecule has 0 fully saturated rings. The van der Waals surface area contributed by atoms with Crippen LogP contribution in [0.3, 0.4) is 0 Å². The minimum atomic E-state index is 0.160. The number of nitrogens with two attached hydrogens (primary N) is 1. The maximum absolute atomic E-state index is 6.13. The lowest BCUT2D eigenvalue weighted by atomic mass is 10.3. The number of nitrogens with zero attached hydrogens (tertiary/aromatic N) is 5. The molecular weight excluding hydrogens is 312 g/mol. The third-order valence-corrected chi connectivity index (χ3v) is 3.37. The fourth-order valence-corrected chi connectivity index (χ4v) is 2.20. The molecule has 3 heterocycles. The third kappa shape index (κ3) is 2.28. The van der Waals surface area contributed by atoms with Crippen LogP contribution in [0.4, 0.5) is 5.82 Å². The first-order valence-electron chi connectivity index (χ1n) is 7.00. The number of nitrogen functional groups attached to an aromatic ring is 1. The highest BCUT2D eigenvalue weighted by atomic mass is 16.5. The molecule has 0 spiro atoms. The fourth-order valence-electron chi connectivity index (χ4n) is 2.20. The van der Waals surface area contributed by atoms with Crippen LogP contribution < -0.4 is 10.5 Å². The van der Waals surface area contributed by atoms with E-state index in [1.165, 1.54) is 10.9 Å². The van der Waals surface area contributed by atoms with Gasteiger partial charge in [-0.2, -0.15) is 9.67 Å². The molecule has 0 unspecified atom stereocenters. The summed E-state index contributed by atoms with van der Waals surface area (Å²) in [6.07, 6.45) is 1.53. The van der Waals surface area contributed by atoms with Gasteiger partial charge < -0.3 is 19.4 Å². The number of hydrogen-bond donors (Lipinski definition) is 1. The van der Waals surface area contributed by atoms with Crippen LogP contribution in [0, 0.1) is 0 Å². The monoisotopic (exact) mass is 324 g/mol. The van der Waals surface area contributed by atoms with Crippen molar-refractivity contribution in [2.45, 2.75) is 0 Å². The maximum atomic E-state index is 6.13. The van der Waals surface area contributed by atoms with E-state index in [1.807, 2.05) is 18.2 Å². The number of benzene rings is 1. The number of hydrogen-bond acceptors (Lipinski definition) is 8. The summed E-state index contributed by atoms with van der Waals surface area (Å²) in [6.45, 7) is 0. The Morgan fingerprint density at radius 1 is 1.21 bits per heavy atom. The van der Waals surface area contributed by atoms with Gasteiger partial charge in [0.2, 0.25) is 5.82 Å². The van der Waals surface area contributed by atoms with Gasteiger partial charge in [-0.1, -0.05) is 16.4 Å². The molecule has 120 valence electrons. The molecular formula is C15H12N6O3. The minimum absolute atomic E-state index is 0.160. The second kappa shape index (κ2) is 5.54. The fraction of sp³-hybridized carbons (Fsp3) is 0.0667. The van der Waals surface area contributed by atoms with Crippen molar-refractivity contribution >= 4 is 5.82 Å². The third-order valence-electron chi connectivity index (χ3n) is 3.37. The van der Waals surface area contributed by atoms with E-state index in [-0.39, 0.29) is 11.7 Å².